The Labute approximate surface area is 146 Å². The van der Waals surface area contributed by atoms with Crippen molar-refractivity contribution in [3.63, 3.8) is 0 Å². The molecule has 0 radical (unpaired) electrons. The number of benzene rings is 1. The van der Waals surface area contributed by atoms with Gasteiger partial charge in [0.1, 0.15) is 5.75 Å². The molecule has 1 N–H and O–H groups in total. The maximum Gasteiger partial charge on any atom is 0.118 e. The van der Waals surface area contributed by atoms with E-state index in [1.807, 2.05) is 0 Å². The first kappa shape index (κ1) is 17.7. The second-order valence-electron chi connectivity index (χ2n) is 7.58. The average Bonchev–Trinajstić information content (AvgIpc) is 2.93. The van der Waals surface area contributed by atoms with Gasteiger partial charge in [0.25, 0.3) is 0 Å². The lowest BCUT2D eigenvalue weighted by molar-refractivity contribution is -0.0425. The molecule has 2 heterocycles. The molecular formula is C20H32N2O2. The van der Waals surface area contributed by atoms with Crippen LogP contribution in [-0.2, 0) is 4.74 Å². The van der Waals surface area contributed by atoms with Crippen LogP contribution in [0.5, 0.6) is 5.75 Å². The third-order valence-electron chi connectivity index (χ3n) is 5.60. The summed E-state index contributed by atoms with van der Waals surface area (Å²) in [4.78, 5) is 2.49. The molecule has 4 atom stereocenters. The Bertz CT molecular complexity index is 509. The van der Waals surface area contributed by atoms with E-state index < -0.39 is 0 Å². The Morgan fingerprint density at radius 1 is 1.17 bits per heavy atom. The second kappa shape index (κ2) is 7.85. The lowest BCUT2D eigenvalue weighted by atomic mass is 9.92. The lowest BCUT2D eigenvalue weighted by Crippen LogP contribution is -2.43. The highest BCUT2D eigenvalue weighted by atomic mass is 16.5. The highest BCUT2D eigenvalue weighted by molar-refractivity contribution is 5.30. The van der Waals surface area contributed by atoms with Crippen molar-refractivity contribution >= 4 is 0 Å². The number of hydrogen-bond donors (Lipinski definition) is 1. The third kappa shape index (κ3) is 4.11. The summed E-state index contributed by atoms with van der Waals surface area (Å²) in [5.74, 6) is 1.59. The Kier molecular flexibility index (Phi) is 5.80. The zero-order valence-corrected chi connectivity index (χ0v) is 15.5. The number of rotatable bonds is 5. The van der Waals surface area contributed by atoms with Gasteiger partial charge in [-0.1, -0.05) is 12.1 Å². The maximum atomic E-state index is 5.86. The number of likely N-dealkylation sites (tertiary alicyclic amines) is 1. The maximum absolute atomic E-state index is 5.86. The summed E-state index contributed by atoms with van der Waals surface area (Å²) in [5.41, 5.74) is 1.40. The van der Waals surface area contributed by atoms with Gasteiger partial charge < -0.3 is 14.8 Å². The summed E-state index contributed by atoms with van der Waals surface area (Å²) in [6.45, 7) is 6.64. The highest BCUT2D eigenvalue weighted by Crippen LogP contribution is 2.36. The molecule has 1 aromatic rings. The van der Waals surface area contributed by atoms with Crippen molar-refractivity contribution in [3.05, 3.63) is 29.8 Å². The topological polar surface area (TPSA) is 33.7 Å². The molecule has 0 bridgehead atoms. The van der Waals surface area contributed by atoms with Gasteiger partial charge in [0, 0.05) is 18.6 Å². The van der Waals surface area contributed by atoms with Crippen molar-refractivity contribution in [2.75, 3.05) is 27.2 Å². The molecule has 1 aromatic carbocycles. The Morgan fingerprint density at radius 2 is 1.83 bits per heavy atom. The SMILES string of the molecule is COc1ccc([C@@H]2[C@H](CNC3C[C@@H](C)O[C@H](C)C3)CCN2C)cc1. The molecule has 0 amide bonds. The van der Waals surface area contributed by atoms with Gasteiger partial charge in [-0.05, 0) is 70.3 Å². The summed E-state index contributed by atoms with van der Waals surface area (Å²) in [6, 6.07) is 9.68. The fourth-order valence-electron chi connectivity index (χ4n) is 4.46. The van der Waals surface area contributed by atoms with Gasteiger partial charge in [0.05, 0.1) is 19.3 Å². The van der Waals surface area contributed by atoms with E-state index in [2.05, 4.69) is 55.4 Å². The summed E-state index contributed by atoms with van der Waals surface area (Å²) in [7, 11) is 3.97. The van der Waals surface area contributed by atoms with E-state index in [4.69, 9.17) is 9.47 Å². The van der Waals surface area contributed by atoms with Crippen LogP contribution in [0.4, 0.5) is 0 Å². The zero-order chi connectivity index (χ0) is 17.1. The normalized spacial score (nSPS) is 34.4. The molecule has 24 heavy (non-hydrogen) atoms. The summed E-state index contributed by atoms with van der Waals surface area (Å²) < 4.78 is 11.2. The van der Waals surface area contributed by atoms with Crippen LogP contribution >= 0.6 is 0 Å². The van der Waals surface area contributed by atoms with Gasteiger partial charge in [-0.3, -0.25) is 4.90 Å². The highest BCUT2D eigenvalue weighted by Gasteiger charge is 2.34. The molecule has 2 aliphatic rings. The predicted molar refractivity (Wildman–Crippen MR) is 97.5 cm³/mol. The van der Waals surface area contributed by atoms with Crippen LogP contribution in [0.2, 0.25) is 0 Å². The molecule has 134 valence electrons. The first-order chi connectivity index (χ1) is 11.6. The fraction of sp³-hybridized carbons (Fsp3) is 0.700. The molecule has 2 saturated heterocycles. The Morgan fingerprint density at radius 3 is 2.46 bits per heavy atom. The van der Waals surface area contributed by atoms with Gasteiger partial charge >= 0.3 is 0 Å². The largest absolute Gasteiger partial charge is 0.497 e. The van der Waals surface area contributed by atoms with Crippen LogP contribution in [0.15, 0.2) is 24.3 Å². The number of hydrogen-bond acceptors (Lipinski definition) is 4. The minimum atomic E-state index is 0.370. The van der Waals surface area contributed by atoms with E-state index in [-0.39, 0.29) is 0 Å². The van der Waals surface area contributed by atoms with E-state index in [1.165, 1.54) is 18.5 Å². The Balaban J connectivity index is 1.61. The van der Waals surface area contributed by atoms with Crippen molar-refractivity contribution in [2.45, 2.75) is 57.4 Å². The lowest BCUT2D eigenvalue weighted by Gasteiger charge is -2.34. The van der Waals surface area contributed by atoms with E-state index >= 15 is 0 Å². The zero-order valence-electron chi connectivity index (χ0n) is 15.5. The van der Waals surface area contributed by atoms with Gasteiger partial charge in [-0.2, -0.15) is 0 Å². The Hall–Kier alpha value is -1.10. The molecule has 3 rings (SSSR count). The average molecular weight is 332 g/mol. The summed E-state index contributed by atoms with van der Waals surface area (Å²) in [5, 5.41) is 3.84. The molecule has 0 aromatic heterocycles. The number of nitrogens with zero attached hydrogens (tertiary/aromatic N) is 1. The third-order valence-corrected chi connectivity index (χ3v) is 5.60. The van der Waals surface area contributed by atoms with Crippen molar-refractivity contribution < 1.29 is 9.47 Å². The number of nitrogens with one attached hydrogen (secondary N) is 1. The van der Waals surface area contributed by atoms with Crippen molar-refractivity contribution in [1.82, 2.24) is 10.2 Å². The fourth-order valence-corrected chi connectivity index (χ4v) is 4.46. The van der Waals surface area contributed by atoms with Crippen LogP contribution in [-0.4, -0.2) is 50.4 Å². The molecule has 0 unspecified atom stereocenters. The quantitative estimate of drug-likeness (QED) is 0.897. The predicted octanol–water partition coefficient (Wildman–Crippen LogP) is 3.23. The first-order valence-corrected chi connectivity index (χ1v) is 9.30. The first-order valence-electron chi connectivity index (χ1n) is 9.30. The van der Waals surface area contributed by atoms with Gasteiger partial charge in [0.2, 0.25) is 0 Å². The summed E-state index contributed by atoms with van der Waals surface area (Å²) in [6.07, 6.45) is 4.25. The van der Waals surface area contributed by atoms with E-state index in [9.17, 15) is 0 Å². The van der Waals surface area contributed by atoms with Crippen molar-refractivity contribution in [3.8, 4) is 5.75 Å². The summed E-state index contributed by atoms with van der Waals surface area (Å²) >= 11 is 0. The second-order valence-corrected chi connectivity index (χ2v) is 7.58. The van der Waals surface area contributed by atoms with Gasteiger partial charge in [0.15, 0.2) is 0 Å². The monoisotopic (exact) mass is 332 g/mol. The van der Waals surface area contributed by atoms with E-state index in [0.717, 1.165) is 25.1 Å². The minimum Gasteiger partial charge on any atom is -0.497 e. The molecule has 0 saturated carbocycles. The molecule has 0 spiro atoms. The molecule has 0 aliphatic carbocycles. The molecule has 4 nitrogen and oxygen atoms in total. The van der Waals surface area contributed by atoms with Crippen molar-refractivity contribution in [2.24, 2.45) is 5.92 Å². The van der Waals surface area contributed by atoms with Crippen molar-refractivity contribution in [1.29, 1.82) is 0 Å². The molecule has 4 heteroatoms. The van der Waals surface area contributed by atoms with Crippen LogP contribution in [0.1, 0.15) is 44.7 Å². The molecular weight excluding hydrogens is 300 g/mol. The van der Waals surface area contributed by atoms with E-state index in [0.29, 0.717) is 30.2 Å². The van der Waals surface area contributed by atoms with Crippen LogP contribution in [0, 0.1) is 5.92 Å². The molecule has 2 aliphatic heterocycles. The van der Waals surface area contributed by atoms with E-state index in [1.54, 1.807) is 7.11 Å². The van der Waals surface area contributed by atoms with Crippen LogP contribution in [0.3, 0.4) is 0 Å². The van der Waals surface area contributed by atoms with Crippen LogP contribution in [0.25, 0.3) is 0 Å². The minimum absolute atomic E-state index is 0.370. The van der Waals surface area contributed by atoms with Gasteiger partial charge in [-0.25, -0.2) is 0 Å². The number of ether oxygens (including phenoxy) is 2. The van der Waals surface area contributed by atoms with Crippen LogP contribution < -0.4 is 10.1 Å². The molecule has 2 fully saturated rings. The van der Waals surface area contributed by atoms with Gasteiger partial charge in [-0.15, -0.1) is 0 Å². The standard InChI is InChI=1S/C20H32N2O2/c1-14-11-18(12-15(2)24-14)21-13-17-9-10-22(3)20(17)16-5-7-19(23-4)8-6-16/h5-8,14-15,17-18,20-21H,9-13H2,1-4H3/t14-,15-,17+,20-/m1/s1. The number of methoxy groups -OCH3 is 1. The smallest absolute Gasteiger partial charge is 0.118 e.